The second-order valence-corrected chi connectivity index (χ2v) is 12.1. The third kappa shape index (κ3) is 5.66. The van der Waals surface area contributed by atoms with E-state index in [4.69, 9.17) is 9.69 Å². The Morgan fingerprint density at radius 3 is 2.44 bits per heavy atom. The predicted molar refractivity (Wildman–Crippen MR) is 136 cm³/mol. The number of piperidine rings is 3. The monoisotopic (exact) mass is 531 g/mol. The van der Waals surface area contributed by atoms with Crippen LogP contribution in [0.25, 0.3) is 10.9 Å². The number of fused-ring (bicyclic) bond motifs is 4. The first-order valence-corrected chi connectivity index (χ1v) is 14.5. The zero-order valence-corrected chi connectivity index (χ0v) is 21.1. The average Bonchev–Trinajstić information content (AvgIpc) is 2.87. The number of primary sulfonamides is 1. The topological polar surface area (TPSA) is 151 Å². The molecule has 4 heterocycles. The van der Waals surface area contributed by atoms with E-state index in [1.165, 1.54) is 12.5 Å². The molecule has 1 aromatic heterocycles. The predicted octanol–water partition coefficient (Wildman–Crippen LogP) is 2.75. The molecule has 2 aromatic carbocycles. The number of pyridine rings is 1. The number of hydrogen-bond donors (Lipinski definition) is 3. The number of para-hydroxylation sites is 1. The first kappa shape index (κ1) is 26.4. The van der Waals surface area contributed by atoms with Crippen molar-refractivity contribution in [2.24, 2.45) is 17.0 Å². The molecule has 3 saturated heterocycles. The lowest BCUT2D eigenvalue weighted by Crippen LogP contribution is -2.54. The van der Waals surface area contributed by atoms with Gasteiger partial charge in [-0.1, -0.05) is 30.3 Å². The smallest absolute Gasteiger partial charge is 0.294 e. The average molecular weight is 532 g/mol. The molecule has 36 heavy (non-hydrogen) atoms. The Morgan fingerprint density at radius 1 is 1.08 bits per heavy atom. The Balaban J connectivity index is 0.000000189. The highest BCUT2D eigenvalue weighted by atomic mass is 32.2. The molecule has 0 aliphatic carbocycles. The zero-order valence-electron chi connectivity index (χ0n) is 19.5. The molecule has 0 amide bonds. The summed E-state index contributed by atoms with van der Waals surface area (Å²) in [6, 6.07) is 14.4. The number of aromatic nitrogens is 1. The minimum absolute atomic E-state index is 0.223. The first-order chi connectivity index (χ1) is 17.0. The normalized spacial score (nSPS) is 24.5. The second-order valence-electron chi connectivity index (χ2n) is 9.10. The molecule has 4 N–H and O–H groups in total. The molecule has 6 rings (SSSR count). The Bertz CT molecular complexity index is 1420. The van der Waals surface area contributed by atoms with Crippen LogP contribution < -0.4 is 5.14 Å². The second kappa shape index (κ2) is 10.4. The molecule has 0 saturated carbocycles. The summed E-state index contributed by atoms with van der Waals surface area (Å²) in [6.45, 7) is 6.11. The largest absolute Gasteiger partial charge is 0.387 e. The van der Waals surface area contributed by atoms with E-state index in [9.17, 15) is 21.9 Å². The summed E-state index contributed by atoms with van der Waals surface area (Å²) in [5.41, 5.74) is 1.97. The Morgan fingerprint density at radius 2 is 1.81 bits per heavy atom. The van der Waals surface area contributed by atoms with Gasteiger partial charge < -0.3 is 5.11 Å². The van der Waals surface area contributed by atoms with Crippen LogP contribution in [0.5, 0.6) is 0 Å². The fourth-order valence-electron chi connectivity index (χ4n) is 5.10. The van der Waals surface area contributed by atoms with E-state index in [0.29, 0.717) is 11.8 Å². The highest BCUT2D eigenvalue weighted by Gasteiger charge is 2.42. The van der Waals surface area contributed by atoms with Crippen molar-refractivity contribution in [1.29, 1.82) is 0 Å². The van der Waals surface area contributed by atoms with Crippen LogP contribution in [0.4, 0.5) is 0 Å². The van der Waals surface area contributed by atoms with Crippen molar-refractivity contribution < 1.29 is 26.5 Å². The van der Waals surface area contributed by atoms with E-state index in [1.54, 1.807) is 0 Å². The van der Waals surface area contributed by atoms with Crippen molar-refractivity contribution in [3.05, 3.63) is 79.0 Å². The summed E-state index contributed by atoms with van der Waals surface area (Å²) < 4.78 is 51.5. The summed E-state index contributed by atoms with van der Waals surface area (Å²) in [6.07, 6.45) is 5.76. The van der Waals surface area contributed by atoms with Crippen molar-refractivity contribution in [3.63, 3.8) is 0 Å². The summed E-state index contributed by atoms with van der Waals surface area (Å²) in [4.78, 5) is 5.98. The maximum absolute atomic E-state index is 11.0. The van der Waals surface area contributed by atoms with Gasteiger partial charge in [0.1, 0.15) is 0 Å². The summed E-state index contributed by atoms with van der Waals surface area (Å²) in [5, 5.41) is 16.9. The number of benzene rings is 2. The molecule has 0 radical (unpaired) electrons. The van der Waals surface area contributed by atoms with Crippen molar-refractivity contribution in [1.82, 2.24) is 9.88 Å². The molecule has 3 fully saturated rings. The lowest BCUT2D eigenvalue weighted by atomic mass is 9.73. The van der Waals surface area contributed by atoms with E-state index in [1.807, 2.05) is 30.5 Å². The van der Waals surface area contributed by atoms with Crippen LogP contribution in [-0.4, -0.2) is 55.5 Å². The molecular formula is C25H29N3O6S2. The Hall–Kier alpha value is -2.67. The van der Waals surface area contributed by atoms with Gasteiger partial charge in [-0.15, -0.1) is 6.58 Å². The van der Waals surface area contributed by atoms with Gasteiger partial charge in [-0.05, 0) is 67.1 Å². The zero-order chi connectivity index (χ0) is 26.1. The molecule has 0 spiro atoms. The van der Waals surface area contributed by atoms with Gasteiger partial charge in [0.25, 0.3) is 10.1 Å². The van der Waals surface area contributed by atoms with Crippen molar-refractivity contribution >= 4 is 31.0 Å². The molecule has 9 nitrogen and oxygen atoms in total. The van der Waals surface area contributed by atoms with Gasteiger partial charge in [-0.25, -0.2) is 13.6 Å². The minimum atomic E-state index is -4.41. The quantitative estimate of drug-likeness (QED) is 0.336. The maximum Gasteiger partial charge on any atom is 0.294 e. The number of sulfonamides is 1. The van der Waals surface area contributed by atoms with Crippen LogP contribution >= 0.6 is 0 Å². The molecule has 2 bridgehead atoms. The number of aliphatic hydroxyl groups is 1. The van der Waals surface area contributed by atoms with Crippen LogP contribution in [0.15, 0.2) is 83.2 Å². The van der Waals surface area contributed by atoms with E-state index in [-0.39, 0.29) is 10.9 Å². The number of hydrogen-bond acceptors (Lipinski definition) is 7. The summed E-state index contributed by atoms with van der Waals surface area (Å²) >= 11 is 0. The molecule has 192 valence electrons. The fraction of sp³-hybridized carbons (Fsp3) is 0.320. The molecule has 11 heteroatoms. The Kier molecular flexibility index (Phi) is 7.60. The molecule has 3 aliphatic heterocycles. The van der Waals surface area contributed by atoms with Gasteiger partial charge >= 0.3 is 0 Å². The van der Waals surface area contributed by atoms with Crippen LogP contribution in [0.3, 0.4) is 0 Å². The third-order valence-corrected chi connectivity index (χ3v) is 8.71. The van der Waals surface area contributed by atoms with Crippen molar-refractivity contribution in [2.45, 2.75) is 34.8 Å². The molecule has 5 atom stereocenters. The van der Waals surface area contributed by atoms with E-state index < -0.39 is 31.1 Å². The summed E-state index contributed by atoms with van der Waals surface area (Å²) in [7, 11) is -8.37. The fourth-order valence-corrected chi connectivity index (χ4v) is 6.26. The highest BCUT2D eigenvalue weighted by Crippen LogP contribution is 2.41. The number of aliphatic hydroxyl groups excluding tert-OH is 1. The van der Waals surface area contributed by atoms with Crippen LogP contribution in [0, 0.1) is 11.8 Å². The number of nitrogens with zero attached hydrogens (tertiary/aromatic N) is 2. The van der Waals surface area contributed by atoms with Gasteiger partial charge in [0.05, 0.1) is 21.4 Å². The maximum atomic E-state index is 11.0. The highest BCUT2D eigenvalue weighted by molar-refractivity contribution is 7.89. The number of rotatable bonds is 5. The first-order valence-electron chi connectivity index (χ1n) is 11.5. The van der Waals surface area contributed by atoms with Gasteiger partial charge in [-0.2, -0.15) is 8.42 Å². The van der Waals surface area contributed by atoms with Crippen molar-refractivity contribution in [3.8, 4) is 0 Å². The summed E-state index contributed by atoms with van der Waals surface area (Å²) in [5.74, 6) is 1.27. The van der Waals surface area contributed by atoms with E-state index >= 15 is 0 Å². The third-order valence-electron chi connectivity index (χ3n) is 6.95. The van der Waals surface area contributed by atoms with Crippen LogP contribution in [-0.2, 0) is 20.1 Å². The lowest BCUT2D eigenvalue weighted by Gasteiger charge is -2.50. The minimum Gasteiger partial charge on any atom is -0.387 e. The standard InChI is InChI=1S/C19H22N2O.C6H7NO5S2/c1-2-13-12-21-10-8-14(13)11-18(21)19(22)16-7-9-20-17-6-4-3-5-15(16)17;7-13(8,9)5-2-1-3-6(4-5)14(10,11)12/h2-7,9,13-14,18-19,22H,1,8,10-12H2;1-4H,(H2,7,8,9)(H,10,11,12)/t13-,14-,18-,19+;/m0./s1. The van der Waals surface area contributed by atoms with Gasteiger partial charge in [0.2, 0.25) is 10.0 Å². The molecule has 3 aliphatic rings. The Labute approximate surface area is 211 Å². The van der Waals surface area contributed by atoms with E-state index in [0.717, 1.165) is 54.2 Å². The number of nitrogens with two attached hydrogens (primary N) is 1. The van der Waals surface area contributed by atoms with Crippen molar-refractivity contribution in [2.75, 3.05) is 13.1 Å². The van der Waals surface area contributed by atoms with Gasteiger partial charge in [0, 0.05) is 24.2 Å². The van der Waals surface area contributed by atoms with E-state index in [2.05, 4.69) is 28.6 Å². The molecule has 3 aromatic rings. The molecular weight excluding hydrogens is 502 g/mol. The van der Waals surface area contributed by atoms with Crippen LogP contribution in [0.2, 0.25) is 0 Å². The van der Waals surface area contributed by atoms with Crippen LogP contribution in [0.1, 0.15) is 24.5 Å². The van der Waals surface area contributed by atoms with Gasteiger partial charge in [-0.3, -0.25) is 14.4 Å². The molecule has 1 unspecified atom stereocenters. The lowest BCUT2D eigenvalue weighted by molar-refractivity contribution is -0.0444. The van der Waals surface area contributed by atoms with Gasteiger partial charge in [0.15, 0.2) is 0 Å². The SMILES string of the molecule is C=C[C@H]1CN2CC[C@H]1C[C@H]2[C@H](O)c1ccnc2ccccc12.NS(=O)(=O)c1cccc(S(=O)(=O)O)c1.